The van der Waals surface area contributed by atoms with Gasteiger partial charge in [0.15, 0.2) is 12.4 Å². The van der Waals surface area contributed by atoms with Crippen LogP contribution in [0, 0.1) is 11.8 Å². The summed E-state index contributed by atoms with van der Waals surface area (Å²) in [6, 6.07) is 20.1. The van der Waals surface area contributed by atoms with Crippen molar-refractivity contribution in [3.05, 3.63) is 84.4 Å². The molecule has 16 nitrogen and oxygen atoms in total. The Hall–Kier alpha value is -4.22. The number of aliphatic hydroxyl groups is 1. The smallest absolute Gasteiger partial charge is 0.417 e. The number of esters is 1. The maximum atomic E-state index is 14.1. The Morgan fingerprint density at radius 3 is 2.28 bits per heavy atom. The lowest BCUT2D eigenvalue weighted by atomic mass is 10.0. The van der Waals surface area contributed by atoms with Gasteiger partial charge in [-0.2, -0.15) is 4.31 Å². The summed E-state index contributed by atoms with van der Waals surface area (Å²) >= 11 is 0. The first-order valence-corrected chi connectivity index (χ1v) is 23.9. The highest BCUT2D eigenvalue weighted by Crippen LogP contribution is 2.49. The minimum Gasteiger partial charge on any atom is -0.494 e. The molecule has 2 aliphatic heterocycles. The van der Waals surface area contributed by atoms with E-state index in [0.29, 0.717) is 30.9 Å². The number of unbranched alkanes of at least 4 members (excludes halogenated alkanes) is 1. The van der Waals surface area contributed by atoms with Gasteiger partial charge in [0.1, 0.15) is 23.4 Å². The molecule has 2 saturated heterocycles. The Kier molecular flexibility index (Phi) is 17.8. The quantitative estimate of drug-likeness (QED) is 0.0559. The summed E-state index contributed by atoms with van der Waals surface area (Å²) in [5.74, 6) is 0.152. The fourth-order valence-corrected chi connectivity index (χ4v) is 9.85. The molecule has 3 aromatic rings. The number of benzene rings is 3. The summed E-state index contributed by atoms with van der Waals surface area (Å²) in [6.07, 6.45) is -2.40. The van der Waals surface area contributed by atoms with Crippen molar-refractivity contribution in [3.8, 4) is 17.2 Å². The minimum atomic E-state index is -4.10. The second-order valence-electron chi connectivity index (χ2n) is 15.3. The highest BCUT2D eigenvalue weighted by Gasteiger charge is 2.44. The maximum Gasteiger partial charge on any atom is 0.417 e. The monoisotopic (exact) mass is 890 g/mol. The average Bonchev–Trinajstić information content (AvgIpc) is 3.86. The number of alkyl carbamates (subject to hydrolysis) is 1. The standard InChI is InChI=1S/C43H59N2O14PS/c1-6-8-23-53-33-18-20-36(21-19-33)61(50,51)45(26-30(3)4)27-39(46)38(44-43(48)57-40-28-55-42-37(40)22-24-54-42)25-32-14-16-34(17-15-32)56-29-60(49,58-31(5)41(47)52-7-2)59-35-12-10-9-11-13-35/h9-21,30-31,37-40,42,46H,6-8,22-29H2,1-5H3,(H,44,48)/t31-,37-,38-,39+,40-,42+,60?/m0/s1. The molecular formula is C43H59N2O14PS. The van der Waals surface area contributed by atoms with Crippen molar-refractivity contribution in [3.63, 3.8) is 0 Å². The van der Waals surface area contributed by atoms with E-state index < -0.39 is 66.7 Å². The molecule has 2 fully saturated rings. The predicted octanol–water partition coefficient (Wildman–Crippen LogP) is 6.55. The van der Waals surface area contributed by atoms with Crippen molar-refractivity contribution in [2.24, 2.45) is 11.8 Å². The third-order valence-electron chi connectivity index (χ3n) is 9.89. The number of ether oxygens (including phenoxy) is 6. The Balaban J connectivity index is 1.32. The number of hydrogen-bond acceptors (Lipinski definition) is 14. The van der Waals surface area contributed by atoms with Gasteiger partial charge in [-0.3, -0.25) is 4.52 Å². The molecule has 336 valence electrons. The van der Waals surface area contributed by atoms with Crippen molar-refractivity contribution in [1.29, 1.82) is 0 Å². The molecule has 5 rings (SSSR count). The van der Waals surface area contributed by atoms with Crippen LogP contribution >= 0.6 is 7.60 Å². The molecule has 0 saturated carbocycles. The summed E-state index contributed by atoms with van der Waals surface area (Å²) in [4.78, 5) is 25.8. The van der Waals surface area contributed by atoms with Crippen molar-refractivity contribution in [2.45, 2.75) is 95.8 Å². The molecule has 18 heteroatoms. The molecule has 2 N–H and O–H groups in total. The number of rotatable bonds is 24. The second-order valence-corrected chi connectivity index (χ2v) is 19.1. The van der Waals surface area contributed by atoms with Crippen LogP contribution in [0.2, 0.25) is 0 Å². The molecule has 7 atom stereocenters. The van der Waals surface area contributed by atoms with E-state index in [1.807, 2.05) is 13.8 Å². The summed E-state index contributed by atoms with van der Waals surface area (Å²) in [5.41, 5.74) is 0.637. The first-order chi connectivity index (χ1) is 29.2. The molecule has 1 unspecified atom stereocenters. The zero-order chi connectivity index (χ0) is 44.0. The summed E-state index contributed by atoms with van der Waals surface area (Å²) in [5, 5.41) is 14.6. The van der Waals surface area contributed by atoms with E-state index in [1.54, 1.807) is 73.7 Å². The van der Waals surface area contributed by atoms with E-state index in [4.69, 9.17) is 37.5 Å². The molecule has 0 spiro atoms. The fraction of sp³-hybridized carbons (Fsp3) is 0.535. The first-order valence-electron chi connectivity index (χ1n) is 20.7. The normalized spacial score (nSPS) is 20.0. The van der Waals surface area contributed by atoms with Crippen LogP contribution in [0.3, 0.4) is 0 Å². The van der Waals surface area contributed by atoms with Gasteiger partial charge in [0.25, 0.3) is 0 Å². The number of nitrogens with zero attached hydrogens (tertiary/aromatic N) is 1. The van der Waals surface area contributed by atoms with E-state index >= 15 is 0 Å². The Bertz CT molecular complexity index is 1990. The molecule has 0 aliphatic carbocycles. The van der Waals surface area contributed by atoms with Crippen molar-refractivity contribution >= 4 is 29.7 Å². The second kappa shape index (κ2) is 22.7. The predicted molar refractivity (Wildman–Crippen MR) is 225 cm³/mol. The summed E-state index contributed by atoms with van der Waals surface area (Å²) in [6.45, 7) is 9.89. The van der Waals surface area contributed by atoms with Crippen molar-refractivity contribution < 1.29 is 65.1 Å². The molecule has 1 amide bonds. The van der Waals surface area contributed by atoms with Crippen LogP contribution in [0.4, 0.5) is 4.79 Å². The maximum absolute atomic E-state index is 14.1. The number of carbonyl (C=O) groups is 2. The average molecular weight is 891 g/mol. The zero-order valence-electron chi connectivity index (χ0n) is 35.4. The van der Waals surface area contributed by atoms with E-state index in [-0.39, 0.29) is 61.0 Å². The third kappa shape index (κ3) is 14.1. The molecule has 2 aliphatic rings. The van der Waals surface area contributed by atoms with Crippen LogP contribution in [0.25, 0.3) is 0 Å². The third-order valence-corrected chi connectivity index (χ3v) is 13.3. The van der Waals surface area contributed by atoms with Gasteiger partial charge in [-0.25, -0.2) is 22.6 Å². The highest BCUT2D eigenvalue weighted by atomic mass is 32.2. The van der Waals surface area contributed by atoms with Crippen LogP contribution in [0.1, 0.15) is 59.4 Å². The summed E-state index contributed by atoms with van der Waals surface area (Å²) < 4.78 is 88.1. The van der Waals surface area contributed by atoms with E-state index in [1.165, 1.54) is 23.4 Å². The number of hydrogen-bond donors (Lipinski definition) is 2. The van der Waals surface area contributed by atoms with Gasteiger partial charge in [-0.05, 0) is 93.1 Å². The molecular weight excluding hydrogens is 832 g/mol. The Morgan fingerprint density at radius 1 is 0.918 bits per heavy atom. The van der Waals surface area contributed by atoms with Crippen LogP contribution in [0.5, 0.6) is 17.2 Å². The van der Waals surface area contributed by atoms with E-state index in [2.05, 4.69) is 12.2 Å². The van der Waals surface area contributed by atoms with Gasteiger partial charge in [0.05, 0.1) is 49.4 Å². The van der Waals surface area contributed by atoms with Crippen LogP contribution in [-0.2, 0) is 49.3 Å². The molecule has 2 heterocycles. The van der Waals surface area contributed by atoms with Crippen LogP contribution in [-0.4, -0.2) is 106 Å². The topological polar surface area (TPSA) is 195 Å². The van der Waals surface area contributed by atoms with Gasteiger partial charge in [0.2, 0.25) is 16.4 Å². The number of carbonyl (C=O) groups excluding carboxylic acids is 2. The fourth-order valence-electron chi connectivity index (χ4n) is 6.75. The molecule has 0 radical (unpaired) electrons. The molecule has 61 heavy (non-hydrogen) atoms. The number of amides is 1. The molecule has 0 bridgehead atoms. The molecule has 3 aromatic carbocycles. The van der Waals surface area contributed by atoms with Crippen molar-refractivity contribution in [1.82, 2.24) is 9.62 Å². The lowest BCUT2D eigenvalue weighted by molar-refractivity contribution is -0.150. The van der Waals surface area contributed by atoms with Gasteiger partial charge in [0, 0.05) is 13.1 Å². The number of nitrogens with one attached hydrogen (secondary N) is 1. The number of para-hydroxylation sites is 1. The highest BCUT2D eigenvalue weighted by molar-refractivity contribution is 7.89. The lowest BCUT2D eigenvalue weighted by Crippen LogP contribution is -2.51. The number of sulfonamides is 1. The molecule has 0 aromatic heterocycles. The van der Waals surface area contributed by atoms with Gasteiger partial charge in [-0.15, -0.1) is 0 Å². The Labute approximate surface area is 358 Å². The largest absolute Gasteiger partial charge is 0.494 e. The number of fused-ring (bicyclic) bond motifs is 1. The van der Waals surface area contributed by atoms with Gasteiger partial charge >= 0.3 is 19.7 Å². The SMILES string of the molecule is CCCCOc1ccc(S(=O)(=O)N(CC(C)C)C[C@@H](O)[C@H](Cc2ccc(OCP(=O)(Oc3ccccc3)O[C@@H](C)C(=O)OCC)cc2)NC(=O)O[C@H]2CO[C@H]3OCC[C@H]32)cc1. The minimum absolute atomic E-state index is 0.0386. The lowest BCUT2D eigenvalue weighted by Gasteiger charge is -2.31. The van der Waals surface area contributed by atoms with Gasteiger partial charge < -0.3 is 43.4 Å². The summed E-state index contributed by atoms with van der Waals surface area (Å²) in [7, 11) is -8.18. The Morgan fingerprint density at radius 2 is 1.61 bits per heavy atom. The van der Waals surface area contributed by atoms with Gasteiger partial charge in [-0.1, -0.05) is 57.5 Å². The zero-order valence-corrected chi connectivity index (χ0v) is 37.1. The van der Waals surface area contributed by atoms with Crippen LogP contribution < -0.4 is 19.3 Å². The van der Waals surface area contributed by atoms with E-state index in [9.17, 15) is 27.7 Å². The first kappa shape index (κ1) is 47.8. The van der Waals surface area contributed by atoms with Crippen LogP contribution in [0.15, 0.2) is 83.8 Å². The van der Waals surface area contributed by atoms with E-state index in [0.717, 1.165) is 12.8 Å². The van der Waals surface area contributed by atoms with Crippen molar-refractivity contribution in [2.75, 3.05) is 45.9 Å². The number of aliphatic hydroxyl groups excluding tert-OH is 1.